The summed E-state index contributed by atoms with van der Waals surface area (Å²) in [7, 11) is -3.99. The van der Waals surface area contributed by atoms with Crippen molar-refractivity contribution in [2.75, 3.05) is 6.61 Å². The highest BCUT2D eigenvalue weighted by Gasteiger charge is 2.36. The molecule has 3 atom stereocenters. The fraction of sp³-hybridized carbons (Fsp3) is 0.700. The van der Waals surface area contributed by atoms with Gasteiger partial charge >= 0.3 is 10.3 Å². The molecule has 7 nitrogen and oxygen atoms in total. The van der Waals surface area contributed by atoms with Gasteiger partial charge in [-0.1, -0.05) is 32.1 Å². The first-order valence-electron chi connectivity index (χ1n) is 10.5. The van der Waals surface area contributed by atoms with E-state index in [9.17, 15) is 13.5 Å². The number of aliphatic hydroxyl groups is 1. The largest absolute Gasteiger partial charge is 0.393 e. The maximum atomic E-state index is 11.1. The van der Waals surface area contributed by atoms with Crippen LogP contribution in [0.3, 0.4) is 0 Å². The molecule has 29 heavy (non-hydrogen) atoms. The molecule has 0 saturated heterocycles. The second-order valence-electron chi connectivity index (χ2n) is 8.50. The van der Waals surface area contributed by atoms with E-state index in [-0.39, 0.29) is 18.4 Å². The molecule has 2 heterocycles. The Bertz CT molecular complexity index is 940. The summed E-state index contributed by atoms with van der Waals surface area (Å²) in [6, 6.07) is 0. The highest BCUT2D eigenvalue weighted by molar-refractivity contribution is 7.84. The molecule has 2 fully saturated rings. The average molecular weight is 440 g/mol. The predicted octanol–water partition coefficient (Wildman–Crippen LogP) is 3.28. The molecule has 4 rings (SSSR count). The average Bonchev–Trinajstić information content (AvgIpc) is 3.28. The highest BCUT2D eigenvalue weighted by atomic mass is 32.2. The topological polar surface area (TPSA) is 115 Å². The third-order valence-corrected chi connectivity index (χ3v) is 8.01. The van der Waals surface area contributed by atoms with Gasteiger partial charge in [0.2, 0.25) is 0 Å². The maximum absolute atomic E-state index is 11.1. The molecule has 2 aromatic heterocycles. The third kappa shape index (κ3) is 5.14. The van der Waals surface area contributed by atoms with E-state index in [4.69, 9.17) is 9.32 Å². The van der Waals surface area contributed by atoms with E-state index in [0.717, 1.165) is 33.8 Å². The fourth-order valence-corrected chi connectivity index (χ4v) is 6.41. The van der Waals surface area contributed by atoms with Crippen molar-refractivity contribution in [1.82, 2.24) is 9.97 Å². The maximum Gasteiger partial charge on any atom is 0.333 e. The van der Waals surface area contributed by atoms with Crippen LogP contribution >= 0.6 is 11.3 Å². The minimum Gasteiger partial charge on any atom is -0.393 e. The molecule has 9 heteroatoms. The molecule has 160 valence electrons. The second kappa shape index (κ2) is 8.93. The second-order valence-corrected chi connectivity index (χ2v) is 10.6. The van der Waals surface area contributed by atoms with Crippen molar-refractivity contribution in [3.63, 3.8) is 0 Å². The predicted molar refractivity (Wildman–Crippen MR) is 113 cm³/mol. The molecule has 0 amide bonds. The Morgan fingerprint density at radius 3 is 2.76 bits per heavy atom. The molecule has 0 radical (unpaired) electrons. The van der Waals surface area contributed by atoms with Crippen LogP contribution in [-0.2, 0) is 20.9 Å². The van der Waals surface area contributed by atoms with E-state index < -0.39 is 16.4 Å². The van der Waals surface area contributed by atoms with E-state index in [1.165, 1.54) is 38.5 Å². The summed E-state index contributed by atoms with van der Waals surface area (Å²) in [4.78, 5) is 9.11. The Morgan fingerprint density at radius 2 is 2.00 bits per heavy atom. The minimum atomic E-state index is -3.99. The lowest BCUT2D eigenvalue weighted by atomic mass is 9.86. The number of nitrogens with two attached hydrogens (primary N) is 1. The zero-order valence-corrected chi connectivity index (χ0v) is 18.1. The van der Waals surface area contributed by atoms with Gasteiger partial charge in [-0.2, -0.15) is 8.42 Å². The van der Waals surface area contributed by atoms with Crippen LogP contribution in [0.4, 0.5) is 0 Å². The summed E-state index contributed by atoms with van der Waals surface area (Å²) in [5.41, 5.74) is 3.24. The Kier molecular flexibility index (Phi) is 6.50. The van der Waals surface area contributed by atoms with Gasteiger partial charge in [-0.3, -0.25) is 4.18 Å². The molecule has 2 saturated carbocycles. The van der Waals surface area contributed by atoms with E-state index in [1.54, 1.807) is 17.7 Å². The Hall–Kier alpha value is -1.13. The minimum absolute atomic E-state index is 0.0831. The van der Waals surface area contributed by atoms with Gasteiger partial charge < -0.3 is 5.11 Å². The van der Waals surface area contributed by atoms with Crippen molar-refractivity contribution < 1.29 is 17.7 Å². The van der Waals surface area contributed by atoms with E-state index in [0.29, 0.717) is 12.8 Å². The number of nitrogens with zero attached hydrogens (tertiary/aromatic N) is 2. The van der Waals surface area contributed by atoms with Crippen molar-refractivity contribution in [2.24, 2.45) is 17.0 Å². The number of rotatable bonds is 7. The summed E-state index contributed by atoms with van der Waals surface area (Å²) in [6.07, 6.45) is 11.2. The number of aryl methyl sites for hydroxylation is 1. The van der Waals surface area contributed by atoms with Crippen LogP contribution in [0.5, 0.6) is 0 Å². The molecule has 2 aromatic rings. The van der Waals surface area contributed by atoms with Crippen molar-refractivity contribution in [2.45, 2.75) is 69.8 Å². The first-order chi connectivity index (χ1) is 13.9. The molecule has 0 spiro atoms. The normalized spacial score (nSPS) is 26.3. The van der Waals surface area contributed by atoms with Crippen molar-refractivity contribution in [3.8, 4) is 0 Å². The lowest BCUT2D eigenvalue weighted by Gasteiger charge is -2.21. The molecular formula is C20H29N3O4S2. The Morgan fingerprint density at radius 1 is 1.21 bits per heavy atom. The molecule has 0 bridgehead atoms. The van der Waals surface area contributed by atoms with Gasteiger partial charge in [-0.25, -0.2) is 15.1 Å². The molecule has 0 unspecified atom stereocenters. The third-order valence-electron chi connectivity index (χ3n) is 6.51. The van der Waals surface area contributed by atoms with Gasteiger partial charge in [0.25, 0.3) is 0 Å². The van der Waals surface area contributed by atoms with E-state index in [2.05, 4.69) is 15.3 Å². The van der Waals surface area contributed by atoms with Crippen molar-refractivity contribution >= 4 is 31.9 Å². The number of aliphatic hydroxyl groups excluding tert-OH is 1. The Labute approximate surface area is 176 Å². The summed E-state index contributed by atoms with van der Waals surface area (Å²) in [5.74, 6) is 0.701. The van der Waals surface area contributed by atoms with Crippen LogP contribution in [-0.4, -0.2) is 36.2 Å². The lowest BCUT2D eigenvalue weighted by Crippen LogP contribution is -2.24. The summed E-state index contributed by atoms with van der Waals surface area (Å²) in [5, 5.41) is 17.4. The van der Waals surface area contributed by atoms with Crippen LogP contribution in [0.2, 0.25) is 0 Å². The SMILES string of the molecule is NS(=O)(=O)OC[C@@H]1C[C@@H](c2csc3c(CCC4CCCCC4)ncnc23)C[C@@H]1O. The van der Waals surface area contributed by atoms with Gasteiger partial charge in [0.15, 0.2) is 0 Å². The van der Waals surface area contributed by atoms with Gasteiger partial charge in [-0.15, -0.1) is 11.3 Å². The molecular weight excluding hydrogens is 410 g/mol. The summed E-state index contributed by atoms with van der Waals surface area (Å²) in [6.45, 7) is -0.0831. The van der Waals surface area contributed by atoms with Gasteiger partial charge in [0.1, 0.15) is 6.33 Å². The van der Waals surface area contributed by atoms with Crippen LogP contribution in [0, 0.1) is 11.8 Å². The smallest absolute Gasteiger partial charge is 0.333 e. The van der Waals surface area contributed by atoms with Crippen LogP contribution in [0.25, 0.3) is 10.2 Å². The number of thiophene rings is 1. The standard InChI is InChI=1S/C20H29N3O4S2/c21-29(25,26)27-10-15-8-14(9-18(15)24)16-11-28-20-17(22-12-23-19(16)20)7-6-13-4-2-1-3-5-13/h11-15,18,24H,1-10H2,(H2,21,25,26)/t14-,15+,18+/m1/s1. The van der Waals surface area contributed by atoms with Gasteiger partial charge in [0, 0.05) is 5.92 Å². The van der Waals surface area contributed by atoms with Crippen molar-refractivity contribution in [3.05, 3.63) is 23.0 Å². The first kappa shape index (κ1) is 21.1. The number of hydrogen-bond donors (Lipinski definition) is 2. The zero-order valence-electron chi connectivity index (χ0n) is 16.5. The highest BCUT2D eigenvalue weighted by Crippen LogP contribution is 2.43. The molecule has 0 aliphatic heterocycles. The summed E-state index contributed by atoms with van der Waals surface area (Å²) >= 11 is 1.68. The van der Waals surface area contributed by atoms with Crippen LogP contribution in [0.15, 0.2) is 11.7 Å². The first-order valence-corrected chi connectivity index (χ1v) is 12.8. The van der Waals surface area contributed by atoms with Gasteiger partial charge in [0.05, 0.1) is 28.6 Å². The number of fused-ring (bicyclic) bond motifs is 1. The van der Waals surface area contributed by atoms with E-state index >= 15 is 0 Å². The van der Waals surface area contributed by atoms with Crippen LogP contribution in [0.1, 0.15) is 68.5 Å². The molecule has 3 N–H and O–H groups in total. The molecule has 2 aliphatic rings. The molecule has 0 aromatic carbocycles. The lowest BCUT2D eigenvalue weighted by molar-refractivity contribution is 0.101. The van der Waals surface area contributed by atoms with E-state index in [1.807, 2.05) is 0 Å². The fourth-order valence-electron chi connectivity index (χ4n) is 4.92. The zero-order chi connectivity index (χ0) is 20.4. The number of hydrogen-bond acceptors (Lipinski definition) is 7. The van der Waals surface area contributed by atoms with Gasteiger partial charge in [-0.05, 0) is 48.5 Å². The quantitative estimate of drug-likeness (QED) is 0.684. The molecule has 2 aliphatic carbocycles. The summed E-state index contributed by atoms with van der Waals surface area (Å²) < 4.78 is 28.0. The monoisotopic (exact) mass is 439 g/mol. The number of aromatic nitrogens is 2. The Balaban J connectivity index is 1.46. The van der Waals surface area contributed by atoms with Crippen molar-refractivity contribution in [1.29, 1.82) is 0 Å². The van der Waals surface area contributed by atoms with Crippen LogP contribution < -0.4 is 5.14 Å².